The van der Waals surface area contributed by atoms with Gasteiger partial charge in [-0.3, -0.25) is 0 Å². The van der Waals surface area contributed by atoms with Crippen molar-refractivity contribution >= 4 is 6.08 Å². The summed E-state index contributed by atoms with van der Waals surface area (Å²) in [6, 6.07) is 5.33. The number of para-hydroxylation sites is 1. The number of nitrogens with zero attached hydrogens (tertiary/aromatic N) is 1. The van der Waals surface area contributed by atoms with Crippen molar-refractivity contribution in [3.05, 3.63) is 18.2 Å². The highest BCUT2D eigenvalue weighted by Crippen LogP contribution is 2.36. The molecule has 0 amide bonds. The number of benzene rings is 1. The van der Waals surface area contributed by atoms with Crippen LogP contribution in [0.5, 0.6) is 17.2 Å². The third-order valence-electron chi connectivity index (χ3n) is 1.90. The Labute approximate surface area is 93.7 Å². The van der Waals surface area contributed by atoms with E-state index in [4.69, 9.17) is 14.2 Å². The zero-order chi connectivity index (χ0) is 11.8. The number of methoxy groups -OCH3 is 2. The van der Waals surface area contributed by atoms with Gasteiger partial charge in [-0.1, -0.05) is 6.07 Å². The summed E-state index contributed by atoms with van der Waals surface area (Å²) >= 11 is 0. The maximum atomic E-state index is 9.87. The van der Waals surface area contributed by atoms with Crippen LogP contribution in [-0.4, -0.2) is 33.5 Å². The quantitative estimate of drug-likeness (QED) is 0.415. The first-order valence-corrected chi connectivity index (χ1v) is 4.71. The second-order valence-corrected chi connectivity index (χ2v) is 2.81. The van der Waals surface area contributed by atoms with Crippen molar-refractivity contribution < 1.29 is 19.0 Å². The lowest BCUT2D eigenvalue weighted by molar-refractivity contribution is 0.282. The predicted molar refractivity (Wildman–Crippen MR) is 58.0 cm³/mol. The molecule has 0 unspecified atom stereocenters. The molecule has 0 N–H and O–H groups in total. The van der Waals surface area contributed by atoms with E-state index in [1.165, 1.54) is 6.08 Å². The zero-order valence-electron chi connectivity index (χ0n) is 9.23. The normalized spacial score (nSPS) is 9.12. The molecule has 0 atom stereocenters. The van der Waals surface area contributed by atoms with E-state index in [9.17, 15) is 4.79 Å². The second-order valence-electron chi connectivity index (χ2n) is 2.81. The fourth-order valence-corrected chi connectivity index (χ4v) is 1.20. The van der Waals surface area contributed by atoms with Crippen molar-refractivity contribution in [1.29, 1.82) is 0 Å². The van der Waals surface area contributed by atoms with Gasteiger partial charge in [-0.2, -0.15) is 0 Å². The van der Waals surface area contributed by atoms with E-state index < -0.39 is 0 Å². The van der Waals surface area contributed by atoms with E-state index in [0.29, 0.717) is 17.2 Å². The fourth-order valence-electron chi connectivity index (χ4n) is 1.20. The van der Waals surface area contributed by atoms with Crippen LogP contribution in [0.2, 0.25) is 0 Å². The minimum Gasteiger partial charge on any atom is -0.493 e. The molecule has 0 aliphatic heterocycles. The first-order chi connectivity index (χ1) is 7.83. The van der Waals surface area contributed by atoms with E-state index in [2.05, 4.69) is 4.99 Å². The number of aliphatic imine (C=N–C) groups is 1. The van der Waals surface area contributed by atoms with E-state index in [0.717, 1.165) is 0 Å². The SMILES string of the molecule is COc1cccc(OC)c1OCCN=C=O. The number of carbonyl (C=O) groups excluding carboxylic acids is 1. The first kappa shape index (κ1) is 12.1. The van der Waals surface area contributed by atoms with Crippen molar-refractivity contribution in [2.75, 3.05) is 27.4 Å². The molecule has 1 aromatic carbocycles. The summed E-state index contributed by atoms with van der Waals surface area (Å²) in [6.07, 6.45) is 1.44. The molecule has 1 rings (SSSR count). The van der Waals surface area contributed by atoms with E-state index in [-0.39, 0.29) is 13.2 Å². The Balaban J connectivity index is 2.78. The van der Waals surface area contributed by atoms with Crippen molar-refractivity contribution in [1.82, 2.24) is 0 Å². The van der Waals surface area contributed by atoms with Gasteiger partial charge >= 0.3 is 0 Å². The number of ether oxygens (including phenoxy) is 3. The Morgan fingerprint density at radius 3 is 2.38 bits per heavy atom. The Morgan fingerprint density at radius 2 is 1.88 bits per heavy atom. The van der Waals surface area contributed by atoms with Gasteiger partial charge in [0.05, 0.1) is 20.8 Å². The Bertz CT molecular complexity index is 363. The van der Waals surface area contributed by atoms with Crippen LogP contribution in [0.1, 0.15) is 0 Å². The average Bonchev–Trinajstić information content (AvgIpc) is 2.34. The van der Waals surface area contributed by atoms with Gasteiger partial charge in [-0.05, 0) is 12.1 Å². The Morgan fingerprint density at radius 1 is 1.25 bits per heavy atom. The van der Waals surface area contributed by atoms with E-state index >= 15 is 0 Å². The van der Waals surface area contributed by atoms with Gasteiger partial charge in [0.15, 0.2) is 11.5 Å². The minimum absolute atomic E-state index is 0.255. The molecule has 0 radical (unpaired) electrons. The van der Waals surface area contributed by atoms with Crippen LogP contribution in [0.25, 0.3) is 0 Å². The lowest BCUT2D eigenvalue weighted by Crippen LogP contribution is -2.03. The molecule has 0 aliphatic rings. The number of hydrogen-bond donors (Lipinski definition) is 0. The van der Waals surface area contributed by atoms with Gasteiger partial charge in [-0.25, -0.2) is 9.79 Å². The lowest BCUT2D eigenvalue weighted by atomic mass is 10.3. The standard InChI is InChI=1S/C11H13NO4/c1-14-9-4-3-5-10(15-2)11(9)16-7-6-12-8-13/h3-5H,6-7H2,1-2H3. The molecule has 1 aromatic rings. The fraction of sp³-hybridized carbons (Fsp3) is 0.364. The molecular weight excluding hydrogens is 210 g/mol. The molecule has 0 saturated carbocycles. The monoisotopic (exact) mass is 223 g/mol. The Hall–Kier alpha value is -2.00. The van der Waals surface area contributed by atoms with Gasteiger partial charge in [0.25, 0.3) is 0 Å². The van der Waals surface area contributed by atoms with Crippen molar-refractivity contribution in [2.45, 2.75) is 0 Å². The van der Waals surface area contributed by atoms with Gasteiger partial charge in [0.1, 0.15) is 6.61 Å². The third kappa shape index (κ3) is 3.00. The summed E-state index contributed by atoms with van der Waals surface area (Å²) in [7, 11) is 3.09. The highest BCUT2D eigenvalue weighted by Gasteiger charge is 2.10. The molecule has 0 saturated heterocycles. The highest BCUT2D eigenvalue weighted by molar-refractivity contribution is 5.51. The van der Waals surface area contributed by atoms with Crippen molar-refractivity contribution in [2.24, 2.45) is 4.99 Å². The summed E-state index contributed by atoms with van der Waals surface area (Å²) in [4.78, 5) is 13.3. The maximum Gasteiger partial charge on any atom is 0.235 e. The number of hydrogen-bond acceptors (Lipinski definition) is 5. The summed E-state index contributed by atoms with van der Waals surface area (Å²) in [5.41, 5.74) is 0. The smallest absolute Gasteiger partial charge is 0.235 e. The lowest BCUT2D eigenvalue weighted by Gasteiger charge is -2.12. The van der Waals surface area contributed by atoms with Gasteiger partial charge < -0.3 is 14.2 Å². The van der Waals surface area contributed by atoms with Crippen LogP contribution in [0.3, 0.4) is 0 Å². The van der Waals surface area contributed by atoms with Crippen LogP contribution >= 0.6 is 0 Å². The molecule has 5 nitrogen and oxygen atoms in total. The Kier molecular flexibility index (Phi) is 4.89. The molecule has 0 fully saturated rings. The van der Waals surface area contributed by atoms with Crippen LogP contribution < -0.4 is 14.2 Å². The van der Waals surface area contributed by atoms with Crippen molar-refractivity contribution in [3.8, 4) is 17.2 Å². The van der Waals surface area contributed by atoms with E-state index in [1.54, 1.807) is 32.4 Å². The predicted octanol–water partition coefficient (Wildman–Crippen LogP) is 1.42. The number of rotatable bonds is 6. The molecule has 0 heterocycles. The molecule has 86 valence electrons. The molecule has 0 bridgehead atoms. The van der Waals surface area contributed by atoms with Gasteiger partial charge in [0, 0.05) is 0 Å². The average molecular weight is 223 g/mol. The van der Waals surface area contributed by atoms with Crippen LogP contribution in [0, 0.1) is 0 Å². The third-order valence-corrected chi connectivity index (χ3v) is 1.90. The molecule has 16 heavy (non-hydrogen) atoms. The largest absolute Gasteiger partial charge is 0.493 e. The number of isocyanates is 1. The minimum atomic E-state index is 0.255. The van der Waals surface area contributed by atoms with Crippen LogP contribution in [-0.2, 0) is 4.79 Å². The second kappa shape index (κ2) is 6.48. The zero-order valence-corrected chi connectivity index (χ0v) is 9.23. The summed E-state index contributed by atoms with van der Waals surface area (Å²) < 4.78 is 15.7. The molecule has 0 spiro atoms. The maximum absolute atomic E-state index is 9.87. The summed E-state index contributed by atoms with van der Waals surface area (Å²) in [6.45, 7) is 0.524. The van der Waals surface area contributed by atoms with Crippen molar-refractivity contribution in [3.63, 3.8) is 0 Å². The molecule has 5 heteroatoms. The van der Waals surface area contributed by atoms with Crippen LogP contribution in [0.15, 0.2) is 23.2 Å². The summed E-state index contributed by atoms with van der Waals surface area (Å²) in [5, 5.41) is 0. The molecule has 0 aromatic heterocycles. The van der Waals surface area contributed by atoms with Crippen LogP contribution in [0.4, 0.5) is 0 Å². The molecule has 0 aliphatic carbocycles. The molecular formula is C11H13NO4. The highest BCUT2D eigenvalue weighted by atomic mass is 16.5. The topological polar surface area (TPSA) is 57.1 Å². The van der Waals surface area contributed by atoms with E-state index in [1.807, 2.05) is 0 Å². The first-order valence-electron chi connectivity index (χ1n) is 4.71. The van der Waals surface area contributed by atoms with Gasteiger partial charge in [-0.15, -0.1) is 0 Å². The summed E-state index contributed by atoms with van der Waals surface area (Å²) in [5.74, 6) is 1.66. The van der Waals surface area contributed by atoms with Gasteiger partial charge in [0.2, 0.25) is 11.8 Å².